The molecule has 1 aliphatic heterocycles. The summed E-state index contributed by atoms with van der Waals surface area (Å²) in [4.78, 5) is 30.3. The van der Waals surface area contributed by atoms with Gasteiger partial charge in [-0.15, -0.1) is 11.3 Å². The van der Waals surface area contributed by atoms with Crippen molar-refractivity contribution < 1.29 is 19.4 Å². The highest BCUT2D eigenvalue weighted by Crippen LogP contribution is 2.29. The molecule has 24 heavy (non-hydrogen) atoms. The summed E-state index contributed by atoms with van der Waals surface area (Å²) >= 11 is 1.28. The first kappa shape index (κ1) is 16.4. The summed E-state index contributed by atoms with van der Waals surface area (Å²) in [5.74, 6) is -0.438. The number of methoxy groups -OCH3 is 1. The summed E-state index contributed by atoms with van der Waals surface area (Å²) in [6.45, 7) is 0.478. The average molecular weight is 346 g/mol. The lowest BCUT2D eigenvalue weighted by atomic mass is 10.0. The predicted molar refractivity (Wildman–Crippen MR) is 90.4 cm³/mol. The Morgan fingerprint density at radius 2 is 2.04 bits per heavy atom. The van der Waals surface area contributed by atoms with Crippen molar-refractivity contribution in [3.05, 3.63) is 35.3 Å². The van der Waals surface area contributed by atoms with Crippen LogP contribution in [0.15, 0.2) is 30.5 Å². The number of carboxylic acids is 1. The number of thiazole rings is 1. The molecule has 1 N–H and O–H groups in total. The van der Waals surface area contributed by atoms with E-state index in [1.54, 1.807) is 7.11 Å². The molecule has 7 heteroatoms. The van der Waals surface area contributed by atoms with Gasteiger partial charge in [-0.3, -0.25) is 4.79 Å². The molecule has 1 fully saturated rings. The molecule has 1 aromatic heterocycles. The molecule has 0 saturated carbocycles. The van der Waals surface area contributed by atoms with Gasteiger partial charge in [0.25, 0.3) is 5.91 Å². The van der Waals surface area contributed by atoms with E-state index in [9.17, 15) is 14.7 Å². The average Bonchev–Trinajstić information content (AvgIpc) is 3.11. The van der Waals surface area contributed by atoms with Crippen molar-refractivity contribution in [1.82, 2.24) is 9.88 Å². The number of nitrogens with zero attached hydrogens (tertiary/aromatic N) is 2. The Morgan fingerprint density at radius 3 is 2.71 bits per heavy atom. The maximum absolute atomic E-state index is 12.7. The molecule has 0 bridgehead atoms. The van der Waals surface area contributed by atoms with Crippen LogP contribution in [0.2, 0.25) is 0 Å². The molecule has 3 rings (SSSR count). The fourth-order valence-electron chi connectivity index (χ4n) is 2.81. The van der Waals surface area contributed by atoms with Crippen LogP contribution in [0.4, 0.5) is 0 Å². The minimum absolute atomic E-state index is 0.251. The van der Waals surface area contributed by atoms with E-state index in [0.29, 0.717) is 17.8 Å². The van der Waals surface area contributed by atoms with Crippen molar-refractivity contribution in [3.8, 4) is 16.3 Å². The van der Waals surface area contributed by atoms with E-state index in [4.69, 9.17) is 4.74 Å². The molecule has 1 aromatic carbocycles. The third kappa shape index (κ3) is 3.26. The quantitative estimate of drug-likeness (QED) is 0.921. The first-order chi connectivity index (χ1) is 11.6. The van der Waals surface area contributed by atoms with Gasteiger partial charge in [-0.05, 0) is 43.5 Å². The van der Waals surface area contributed by atoms with Crippen molar-refractivity contribution >= 4 is 23.2 Å². The lowest BCUT2D eigenvalue weighted by Gasteiger charge is -2.32. The number of amides is 1. The van der Waals surface area contributed by atoms with Crippen molar-refractivity contribution in [1.29, 1.82) is 0 Å². The van der Waals surface area contributed by atoms with E-state index >= 15 is 0 Å². The van der Waals surface area contributed by atoms with E-state index in [2.05, 4.69) is 4.98 Å². The van der Waals surface area contributed by atoms with Crippen molar-refractivity contribution in [2.75, 3.05) is 13.7 Å². The lowest BCUT2D eigenvalue weighted by molar-refractivity contribution is -0.143. The molecule has 126 valence electrons. The van der Waals surface area contributed by atoms with E-state index in [0.717, 1.165) is 29.2 Å². The topological polar surface area (TPSA) is 79.7 Å². The number of carbonyl (C=O) groups is 2. The van der Waals surface area contributed by atoms with Crippen LogP contribution in [-0.4, -0.2) is 46.6 Å². The molecule has 0 aliphatic carbocycles. The molecule has 0 radical (unpaired) electrons. The van der Waals surface area contributed by atoms with E-state index < -0.39 is 12.0 Å². The van der Waals surface area contributed by atoms with Gasteiger partial charge in [0.15, 0.2) is 0 Å². The number of rotatable bonds is 4. The van der Waals surface area contributed by atoms with Gasteiger partial charge in [0.2, 0.25) is 0 Å². The second-order valence-corrected chi connectivity index (χ2v) is 6.64. The number of benzene rings is 1. The molecule has 2 heterocycles. The lowest BCUT2D eigenvalue weighted by Crippen LogP contribution is -2.47. The monoisotopic (exact) mass is 346 g/mol. The fourth-order valence-corrected chi connectivity index (χ4v) is 3.69. The number of carbonyl (C=O) groups excluding carboxylic acids is 1. The maximum atomic E-state index is 12.7. The Labute approximate surface area is 143 Å². The van der Waals surface area contributed by atoms with Crippen LogP contribution >= 0.6 is 11.3 Å². The highest BCUT2D eigenvalue weighted by atomic mass is 32.1. The first-order valence-electron chi connectivity index (χ1n) is 7.74. The largest absolute Gasteiger partial charge is 0.497 e. The van der Waals surface area contributed by atoms with Gasteiger partial charge in [0, 0.05) is 12.1 Å². The van der Waals surface area contributed by atoms with E-state index in [1.165, 1.54) is 22.4 Å². The van der Waals surface area contributed by atoms with Crippen molar-refractivity contribution in [3.63, 3.8) is 0 Å². The first-order valence-corrected chi connectivity index (χ1v) is 8.56. The number of hydrogen-bond donors (Lipinski definition) is 1. The molecular weight excluding hydrogens is 328 g/mol. The fraction of sp³-hybridized carbons (Fsp3) is 0.353. The Bertz CT molecular complexity index is 741. The number of piperidine rings is 1. The summed E-state index contributed by atoms with van der Waals surface area (Å²) in [5, 5.41) is 10.0. The number of carboxylic acid groups (broad SMARTS) is 1. The number of aromatic nitrogens is 1. The SMILES string of the molecule is COc1ccc(-c2ncc(C(=O)N3CCCC[C@H]3C(=O)O)s2)cc1. The molecule has 0 spiro atoms. The molecule has 1 saturated heterocycles. The molecule has 1 amide bonds. The second-order valence-electron chi connectivity index (χ2n) is 5.61. The summed E-state index contributed by atoms with van der Waals surface area (Å²) < 4.78 is 5.13. The van der Waals surface area contributed by atoms with Crippen LogP contribution < -0.4 is 4.74 Å². The Morgan fingerprint density at radius 1 is 1.29 bits per heavy atom. The number of ether oxygens (including phenoxy) is 1. The van der Waals surface area contributed by atoms with Crippen LogP contribution in [0.25, 0.3) is 10.6 Å². The maximum Gasteiger partial charge on any atom is 0.326 e. The summed E-state index contributed by atoms with van der Waals surface area (Å²) in [6, 6.07) is 6.70. The minimum atomic E-state index is -0.942. The summed E-state index contributed by atoms with van der Waals surface area (Å²) in [6.07, 6.45) is 3.70. The number of aliphatic carboxylic acids is 1. The third-order valence-electron chi connectivity index (χ3n) is 4.10. The van der Waals surface area contributed by atoms with Gasteiger partial charge in [-0.2, -0.15) is 0 Å². The molecule has 0 unspecified atom stereocenters. The Kier molecular flexibility index (Phi) is 4.80. The zero-order valence-electron chi connectivity index (χ0n) is 13.3. The molecule has 6 nitrogen and oxygen atoms in total. The van der Waals surface area contributed by atoms with Crippen LogP contribution in [0.1, 0.15) is 28.9 Å². The van der Waals surface area contributed by atoms with E-state index in [1.807, 2.05) is 24.3 Å². The zero-order valence-corrected chi connectivity index (χ0v) is 14.1. The van der Waals surface area contributed by atoms with Gasteiger partial charge < -0.3 is 14.7 Å². The van der Waals surface area contributed by atoms with Gasteiger partial charge in [-0.1, -0.05) is 0 Å². The minimum Gasteiger partial charge on any atom is -0.497 e. The summed E-state index contributed by atoms with van der Waals surface area (Å²) in [7, 11) is 1.60. The van der Waals surface area contributed by atoms with Crippen LogP contribution in [0, 0.1) is 0 Å². The number of hydrogen-bond acceptors (Lipinski definition) is 5. The van der Waals surface area contributed by atoms with E-state index in [-0.39, 0.29) is 5.91 Å². The smallest absolute Gasteiger partial charge is 0.326 e. The van der Waals surface area contributed by atoms with Gasteiger partial charge >= 0.3 is 5.97 Å². The second kappa shape index (κ2) is 7.00. The van der Waals surface area contributed by atoms with Gasteiger partial charge in [-0.25, -0.2) is 9.78 Å². The molecule has 1 aliphatic rings. The highest BCUT2D eigenvalue weighted by molar-refractivity contribution is 7.16. The van der Waals surface area contributed by atoms with Crippen LogP contribution in [0.3, 0.4) is 0 Å². The molecule has 1 atom stereocenters. The van der Waals surface area contributed by atoms with Gasteiger partial charge in [0.05, 0.1) is 13.3 Å². The number of likely N-dealkylation sites (tertiary alicyclic amines) is 1. The van der Waals surface area contributed by atoms with Gasteiger partial charge in [0.1, 0.15) is 21.7 Å². The highest BCUT2D eigenvalue weighted by Gasteiger charge is 2.33. The van der Waals surface area contributed by atoms with Crippen LogP contribution in [0.5, 0.6) is 5.75 Å². The molecular formula is C17H18N2O4S. The van der Waals surface area contributed by atoms with Crippen molar-refractivity contribution in [2.24, 2.45) is 0 Å². The van der Waals surface area contributed by atoms with Crippen molar-refractivity contribution in [2.45, 2.75) is 25.3 Å². The normalized spacial score (nSPS) is 17.5. The summed E-state index contributed by atoms with van der Waals surface area (Å²) in [5.41, 5.74) is 0.897. The Hall–Kier alpha value is -2.41. The Balaban J connectivity index is 1.81. The standard InChI is InChI=1S/C17H18N2O4S/c1-23-12-7-5-11(6-8-12)15-18-10-14(24-15)16(20)19-9-3-2-4-13(19)17(21)22/h5-8,10,13H,2-4,9H2,1H3,(H,21,22)/t13-/m0/s1. The molecule has 2 aromatic rings. The van der Waals surface area contributed by atoms with Crippen LogP contribution in [-0.2, 0) is 4.79 Å². The zero-order chi connectivity index (χ0) is 17.1. The third-order valence-corrected chi connectivity index (χ3v) is 5.14. The predicted octanol–water partition coefficient (Wildman–Crippen LogP) is 2.90.